The summed E-state index contributed by atoms with van der Waals surface area (Å²) in [6, 6.07) is 7.59. The Hall–Kier alpha value is -3.09. The first-order chi connectivity index (χ1) is 14.3. The Balaban J connectivity index is 1.42. The van der Waals surface area contributed by atoms with Gasteiger partial charge >= 0.3 is 0 Å². The van der Waals surface area contributed by atoms with Crippen LogP contribution in [0, 0.1) is 18.3 Å². The molecule has 5 rings (SSSR count). The van der Waals surface area contributed by atoms with E-state index < -0.39 is 0 Å². The number of aryl methyl sites for hydroxylation is 1. The van der Waals surface area contributed by atoms with Crippen LogP contribution in [0.4, 0.5) is 11.5 Å². The number of nitrogens with zero attached hydrogens (tertiary/aromatic N) is 3. The van der Waals surface area contributed by atoms with Crippen molar-refractivity contribution in [1.82, 2.24) is 19.7 Å². The maximum atomic E-state index is 12.8. The zero-order valence-corrected chi connectivity index (χ0v) is 17.7. The molecule has 3 aromatic rings. The van der Waals surface area contributed by atoms with Gasteiger partial charge in [-0.2, -0.15) is 5.10 Å². The molecule has 0 bridgehead atoms. The fourth-order valence-electron chi connectivity index (χ4n) is 4.33. The van der Waals surface area contributed by atoms with Crippen molar-refractivity contribution in [2.75, 3.05) is 18.4 Å². The van der Waals surface area contributed by atoms with Gasteiger partial charge in [0, 0.05) is 37.1 Å². The molecule has 0 radical (unpaired) electrons. The second-order valence-electron chi connectivity index (χ2n) is 9.52. The van der Waals surface area contributed by atoms with Crippen molar-refractivity contribution in [1.29, 1.82) is 0 Å². The Labute approximate surface area is 175 Å². The normalized spacial score (nSPS) is 17.8. The number of fused-ring (bicyclic) bond motifs is 1. The fraction of sp³-hybridized carbons (Fsp3) is 0.435. The predicted octanol–water partition coefficient (Wildman–Crippen LogP) is 3.67. The molecule has 0 atom stereocenters. The number of anilines is 2. The number of carbonyl (C=O) groups excluding carboxylic acids is 1. The molecule has 1 aliphatic carbocycles. The van der Waals surface area contributed by atoms with Gasteiger partial charge in [-0.25, -0.2) is 0 Å². The average molecular weight is 406 g/mol. The minimum Gasteiger partial charge on any atom is -0.338 e. The number of likely N-dealkylation sites (tertiary alicyclic amines) is 1. The van der Waals surface area contributed by atoms with Gasteiger partial charge in [-0.3, -0.25) is 14.3 Å². The first kappa shape index (κ1) is 18.9. The summed E-state index contributed by atoms with van der Waals surface area (Å²) < 4.78 is 1.93. The summed E-state index contributed by atoms with van der Waals surface area (Å²) in [6.07, 6.45) is 4.10. The van der Waals surface area contributed by atoms with Crippen LogP contribution >= 0.6 is 0 Å². The van der Waals surface area contributed by atoms with Crippen LogP contribution in [-0.4, -0.2) is 38.7 Å². The van der Waals surface area contributed by atoms with Crippen molar-refractivity contribution < 1.29 is 4.79 Å². The van der Waals surface area contributed by atoms with E-state index >= 15 is 0 Å². The minimum atomic E-state index is -0.152. The number of rotatable bonds is 5. The summed E-state index contributed by atoms with van der Waals surface area (Å²) in [7, 11) is 0. The van der Waals surface area contributed by atoms with Crippen LogP contribution in [0.3, 0.4) is 0 Å². The molecule has 7 nitrogen and oxygen atoms in total. The number of carbonyl (C=O) groups is 1. The van der Waals surface area contributed by atoms with E-state index in [-0.39, 0.29) is 16.9 Å². The maximum absolute atomic E-state index is 12.8. The van der Waals surface area contributed by atoms with Crippen LogP contribution in [0.1, 0.15) is 42.6 Å². The number of nitrogens with one attached hydrogen (secondary N) is 2. The number of H-pyrrole nitrogens is 1. The molecule has 2 aliphatic rings. The van der Waals surface area contributed by atoms with E-state index in [1.54, 1.807) is 6.20 Å². The number of hydrogen-bond acceptors (Lipinski definition) is 4. The standard InChI is InChI=1S/C23H27N5O2/c1-14-10-16(6-7-17(14)22(30)27-12-23(2,3)13-27)25-20-19-18(8-9-24-21(19)29)28(26-20)11-15-4-5-15/h6-10,15H,4-5,11-13H2,1-3H3,(H,24,29)(H,25,26). The lowest BCUT2D eigenvalue weighted by molar-refractivity contribution is 0.0235. The third-order valence-electron chi connectivity index (χ3n) is 6.05. The van der Waals surface area contributed by atoms with Crippen LogP contribution in [0.15, 0.2) is 35.3 Å². The maximum Gasteiger partial charge on any atom is 0.261 e. The Morgan fingerprint density at radius 2 is 2.03 bits per heavy atom. The fourth-order valence-corrected chi connectivity index (χ4v) is 4.33. The molecular formula is C23H27N5O2. The van der Waals surface area contributed by atoms with E-state index in [1.807, 2.05) is 40.8 Å². The Morgan fingerprint density at radius 1 is 1.27 bits per heavy atom. The van der Waals surface area contributed by atoms with E-state index in [1.165, 1.54) is 12.8 Å². The Bertz CT molecular complexity index is 1190. The first-order valence-corrected chi connectivity index (χ1v) is 10.6. The molecule has 1 aliphatic heterocycles. The zero-order valence-electron chi connectivity index (χ0n) is 17.7. The highest BCUT2D eigenvalue weighted by Gasteiger charge is 2.37. The van der Waals surface area contributed by atoms with Gasteiger partial charge in [0.15, 0.2) is 5.82 Å². The second kappa shape index (κ2) is 6.72. The van der Waals surface area contributed by atoms with Gasteiger partial charge in [0.2, 0.25) is 0 Å². The first-order valence-electron chi connectivity index (χ1n) is 10.6. The summed E-state index contributed by atoms with van der Waals surface area (Å²) in [5.74, 6) is 1.28. The SMILES string of the molecule is Cc1cc(Nc2nn(CC3CC3)c3cc[nH]c(=O)c23)ccc1C(=O)N1CC(C)(C)C1. The smallest absolute Gasteiger partial charge is 0.261 e. The van der Waals surface area contributed by atoms with E-state index in [0.717, 1.165) is 42.0 Å². The van der Waals surface area contributed by atoms with Crippen molar-refractivity contribution in [3.05, 3.63) is 51.9 Å². The summed E-state index contributed by atoms with van der Waals surface area (Å²) in [6.45, 7) is 8.70. The second-order valence-corrected chi connectivity index (χ2v) is 9.52. The van der Waals surface area contributed by atoms with Crippen LogP contribution in [0.5, 0.6) is 0 Å². The van der Waals surface area contributed by atoms with Gasteiger partial charge in [0.1, 0.15) is 5.39 Å². The van der Waals surface area contributed by atoms with E-state index in [9.17, 15) is 9.59 Å². The average Bonchev–Trinajstić information content (AvgIpc) is 3.42. The van der Waals surface area contributed by atoms with Crippen LogP contribution in [-0.2, 0) is 6.54 Å². The topological polar surface area (TPSA) is 83.0 Å². The molecule has 2 fully saturated rings. The van der Waals surface area contributed by atoms with Crippen LogP contribution in [0.25, 0.3) is 10.9 Å². The number of pyridine rings is 1. The largest absolute Gasteiger partial charge is 0.338 e. The van der Waals surface area contributed by atoms with E-state index in [0.29, 0.717) is 17.1 Å². The molecule has 1 aromatic carbocycles. The predicted molar refractivity (Wildman–Crippen MR) is 117 cm³/mol. The number of benzene rings is 1. The molecule has 0 unspecified atom stereocenters. The minimum absolute atomic E-state index is 0.0778. The number of amides is 1. The lowest BCUT2D eigenvalue weighted by Crippen LogP contribution is -2.55. The molecule has 156 valence electrons. The van der Waals surface area contributed by atoms with Gasteiger partial charge in [0.25, 0.3) is 11.5 Å². The summed E-state index contributed by atoms with van der Waals surface area (Å²) in [4.78, 5) is 29.9. The molecule has 2 N–H and O–H groups in total. The monoisotopic (exact) mass is 405 g/mol. The van der Waals surface area contributed by atoms with Crippen molar-refractivity contribution in [3.8, 4) is 0 Å². The number of aromatic nitrogens is 3. The molecular weight excluding hydrogens is 378 g/mol. The van der Waals surface area contributed by atoms with Gasteiger partial charge in [0.05, 0.1) is 5.52 Å². The molecule has 2 aromatic heterocycles. The van der Waals surface area contributed by atoms with Crippen LogP contribution in [0.2, 0.25) is 0 Å². The van der Waals surface area contributed by atoms with Crippen molar-refractivity contribution in [2.24, 2.45) is 11.3 Å². The highest BCUT2D eigenvalue weighted by molar-refractivity contribution is 5.97. The lowest BCUT2D eigenvalue weighted by Gasteiger charge is -2.46. The Kier molecular flexibility index (Phi) is 4.24. The molecule has 3 heterocycles. The van der Waals surface area contributed by atoms with E-state index in [4.69, 9.17) is 0 Å². The quantitative estimate of drug-likeness (QED) is 0.678. The van der Waals surface area contributed by atoms with E-state index in [2.05, 4.69) is 29.2 Å². The van der Waals surface area contributed by atoms with Gasteiger partial charge in [-0.05, 0) is 60.9 Å². The summed E-state index contributed by atoms with van der Waals surface area (Å²) >= 11 is 0. The highest BCUT2D eigenvalue weighted by atomic mass is 16.2. The highest BCUT2D eigenvalue weighted by Crippen LogP contribution is 2.33. The Morgan fingerprint density at radius 3 is 2.70 bits per heavy atom. The molecule has 1 amide bonds. The summed E-state index contributed by atoms with van der Waals surface area (Å²) in [5, 5.41) is 8.56. The van der Waals surface area contributed by atoms with Gasteiger partial charge in [-0.15, -0.1) is 0 Å². The summed E-state index contributed by atoms with van der Waals surface area (Å²) in [5.41, 5.74) is 3.34. The van der Waals surface area contributed by atoms with Crippen molar-refractivity contribution >= 4 is 28.3 Å². The molecule has 7 heteroatoms. The third kappa shape index (κ3) is 3.38. The van der Waals surface area contributed by atoms with Crippen molar-refractivity contribution in [3.63, 3.8) is 0 Å². The third-order valence-corrected chi connectivity index (χ3v) is 6.05. The lowest BCUT2D eigenvalue weighted by atomic mass is 9.84. The number of hydrogen-bond donors (Lipinski definition) is 2. The van der Waals surface area contributed by atoms with Gasteiger partial charge in [-0.1, -0.05) is 13.8 Å². The molecule has 0 spiro atoms. The molecule has 1 saturated carbocycles. The number of aromatic amines is 1. The zero-order chi connectivity index (χ0) is 21.0. The van der Waals surface area contributed by atoms with Crippen LogP contribution < -0.4 is 10.9 Å². The molecule has 1 saturated heterocycles. The van der Waals surface area contributed by atoms with Gasteiger partial charge < -0.3 is 15.2 Å². The van der Waals surface area contributed by atoms with Crippen molar-refractivity contribution in [2.45, 2.75) is 40.2 Å². The molecule has 30 heavy (non-hydrogen) atoms.